The third-order valence-electron chi connectivity index (χ3n) is 11.3. The molecule has 4 aliphatic rings. The number of nitrogens with zero attached hydrogens (tertiary/aromatic N) is 3. The maximum atomic E-state index is 6.52. The number of allylic oxidation sites excluding steroid dienone is 3. The molecule has 4 fully saturated rings. The standard InChI is InChI=1S/C42H55N5O2/c1-45(29-30-46-27-23-38(24-28-46)48-49-44-40-16-6-5-15-39(40)33-9-3-2-4-10-33)42(36-13-8-14-36)37-19-17-32(18-20-37)31-47-25-21-35(22-26-47)41(43)34-11-7-12-34/h2-6,9-10,15-20,35,38,44H,7-8,11-14,21-31,43H2,1H3. The fourth-order valence-electron chi connectivity index (χ4n) is 7.85. The fraction of sp³-hybridized carbons (Fsp3) is 0.476. The summed E-state index contributed by atoms with van der Waals surface area (Å²) >= 11 is 0. The Kier molecular flexibility index (Phi) is 11.3. The van der Waals surface area contributed by atoms with E-state index in [9.17, 15) is 0 Å². The van der Waals surface area contributed by atoms with Gasteiger partial charge < -0.3 is 15.5 Å². The van der Waals surface area contributed by atoms with Gasteiger partial charge >= 0.3 is 0 Å². The first-order valence-corrected chi connectivity index (χ1v) is 18.8. The maximum absolute atomic E-state index is 6.52. The summed E-state index contributed by atoms with van der Waals surface area (Å²) in [5, 5.41) is 0. The molecular weight excluding hydrogens is 606 g/mol. The van der Waals surface area contributed by atoms with E-state index in [2.05, 4.69) is 81.8 Å². The van der Waals surface area contributed by atoms with Crippen LogP contribution in [-0.2, 0) is 16.4 Å². The van der Waals surface area contributed by atoms with Crippen molar-refractivity contribution in [3.63, 3.8) is 0 Å². The van der Waals surface area contributed by atoms with Gasteiger partial charge in [-0.1, -0.05) is 78.4 Å². The highest BCUT2D eigenvalue weighted by Crippen LogP contribution is 2.36. The lowest BCUT2D eigenvalue weighted by Gasteiger charge is -2.35. The first-order chi connectivity index (χ1) is 24.1. The molecule has 0 atom stereocenters. The zero-order valence-corrected chi connectivity index (χ0v) is 29.4. The van der Waals surface area contributed by atoms with Crippen molar-refractivity contribution in [2.75, 3.05) is 51.8 Å². The molecule has 2 aliphatic carbocycles. The Labute approximate surface area is 293 Å². The summed E-state index contributed by atoms with van der Waals surface area (Å²) in [6, 6.07) is 28.0. The number of rotatable bonds is 13. The van der Waals surface area contributed by atoms with E-state index >= 15 is 0 Å². The number of likely N-dealkylation sites (tertiary alicyclic amines) is 2. The highest BCUT2D eigenvalue weighted by molar-refractivity contribution is 5.77. The molecule has 0 bridgehead atoms. The quantitative estimate of drug-likeness (QED) is 0.141. The lowest BCUT2D eigenvalue weighted by Crippen LogP contribution is -2.41. The lowest BCUT2D eigenvalue weighted by atomic mass is 9.83. The second-order valence-electron chi connectivity index (χ2n) is 14.6. The van der Waals surface area contributed by atoms with Crippen molar-refractivity contribution in [2.45, 2.75) is 76.9 Å². The number of anilines is 1. The summed E-state index contributed by atoms with van der Waals surface area (Å²) in [7, 11) is 2.28. The van der Waals surface area contributed by atoms with Gasteiger partial charge in [-0.25, -0.2) is 10.4 Å². The van der Waals surface area contributed by atoms with Crippen LogP contribution in [0.3, 0.4) is 0 Å². The zero-order chi connectivity index (χ0) is 33.4. The number of piperidine rings is 2. The Bertz CT molecular complexity index is 1560. The second kappa shape index (κ2) is 16.4. The molecule has 2 heterocycles. The first kappa shape index (κ1) is 33.9. The summed E-state index contributed by atoms with van der Waals surface area (Å²) in [6.45, 7) is 7.44. The average Bonchev–Trinajstić information content (AvgIpc) is 3.10. The summed E-state index contributed by atoms with van der Waals surface area (Å²) in [5.74, 6) is 0.603. The van der Waals surface area contributed by atoms with Crippen molar-refractivity contribution in [3.05, 3.63) is 107 Å². The van der Waals surface area contributed by atoms with Gasteiger partial charge in [0.25, 0.3) is 0 Å². The van der Waals surface area contributed by atoms with Crippen molar-refractivity contribution in [1.82, 2.24) is 14.7 Å². The molecule has 2 saturated carbocycles. The molecular formula is C42H55N5O2. The number of nitrogens with two attached hydrogens (primary N) is 1. The number of nitrogens with one attached hydrogen (secondary N) is 1. The largest absolute Gasteiger partial charge is 0.402 e. The van der Waals surface area contributed by atoms with Gasteiger partial charge in [-0.3, -0.25) is 4.90 Å². The zero-order valence-electron chi connectivity index (χ0n) is 29.4. The third-order valence-corrected chi connectivity index (χ3v) is 11.3. The maximum Gasteiger partial charge on any atom is 0.0979 e. The number of para-hydroxylation sites is 1. The SMILES string of the molecule is CN(CCN1CCC(OONc2ccccc2-c2ccccc2)CC1)C(=C1CCC1)c1ccc(CN2CCC(C(N)=C3CCC3)CC2)cc1. The van der Waals surface area contributed by atoms with Crippen LogP contribution < -0.4 is 11.2 Å². The van der Waals surface area contributed by atoms with Crippen molar-refractivity contribution in [2.24, 2.45) is 11.7 Å². The van der Waals surface area contributed by atoms with Crippen molar-refractivity contribution >= 4 is 11.4 Å². The predicted octanol–water partition coefficient (Wildman–Crippen LogP) is 8.23. The molecule has 3 N–H and O–H groups in total. The van der Waals surface area contributed by atoms with E-state index in [4.69, 9.17) is 15.6 Å². The van der Waals surface area contributed by atoms with Gasteiger partial charge in [-0.15, -0.1) is 4.99 Å². The number of hydrogen-bond donors (Lipinski definition) is 2. The number of benzene rings is 3. The predicted molar refractivity (Wildman–Crippen MR) is 200 cm³/mol. The van der Waals surface area contributed by atoms with E-state index in [1.54, 1.807) is 11.1 Å². The van der Waals surface area contributed by atoms with Crippen LogP contribution in [0.2, 0.25) is 0 Å². The minimum atomic E-state index is 0.0886. The topological polar surface area (TPSA) is 66.2 Å². The Morgan fingerprint density at radius 1 is 0.776 bits per heavy atom. The molecule has 0 unspecified atom stereocenters. The van der Waals surface area contributed by atoms with Crippen LogP contribution in [0.1, 0.15) is 75.3 Å². The fourth-order valence-corrected chi connectivity index (χ4v) is 7.85. The Balaban J connectivity index is 0.849. The first-order valence-electron chi connectivity index (χ1n) is 18.8. The van der Waals surface area contributed by atoms with Crippen LogP contribution in [0, 0.1) is 5.92 Å². The van der Waals surface area contributed by atoms with Gasteiger partial charge in [-0.2, -0.15) is 0 Å². The molecule has 7 rings (SSSR count). The molecule has 7 heteroatoms. The van der Waals surface area contributed by atoms with Crippen LogP contribution >= 0.6 is 0 Å². The molecule has 49 heavy (non-hydrogen) atoms. The number of hydrogen-bond acceptors (Lipinski definition) is 7. The van der Waals surface area contributed by atoms with E-state index < -0.39 is 0 Å². The van der Waals surface area contributed by atoms with E-state index in [1.807, 2.05) is 24.3 Å². The van der Waals surface area contributed by atoms with Crippen LogP contribution in [0.25, 0.3) is 16.8 Å². The Hall–Kier alpha value is -3.62. The summed E-state index contributed by atoms with van der Waals surface area (Å²) in [5.41, 5.74) is 21.3. The average molecular weight is 662 g/mol. The highest BCUT2D eigenvalue weighted by Gasteiger charge is 2.26. The van der Waals surface area contributed by atoms with Gasteiger partial charge in [0.15, 0.2) is 0 Å². The molecule has 2 saturated heterocycles. The second-order valence-corrected chi connectivity index (χ2v) is 14.6. The van der Waals surface area contributed by atoms with Gasteiger partial charge in [0.05, 0.1) is 11.8 Å². The molecule has 0 amide bonds. The van der Waals surface area contributed by atoms with Crippen LogP contribution in [-0.4, -0.2) is 67.1 Å². The molecule has 0 aromatic heterocycles. The molecule has 3 aromatic carbocycles. The smallest absolute Gasteiger partial charge is 0.0979 e. The number of likely N-dealkylation sites (N-methyl/N-ethyl adjacent to an activating group) is 1. The molecule has 7 nitrogen and oxygen atoms in total. The third kappa shape index (κ3) is 8.58. The van der Waals surface area contributed by atoms with Crippen molar-refractivity contribution in [1.29, 1.82) is 0 Å². The minimum absolute atomic E-state index is 0.0886. The van der Waals surface area contributed by atoms with Crippen molar-refractivity contribution in [3.8, 4) is 11.1 Å². The van der Waals surface area contributed by atoms with Crippen molar-refractivity contribution < 1.29 is 9.88 Å². The van der Waals surface area contributed by atoms with Gasteiger partial charge in [0, 0.05) is 62.6 Å². The highest BCUT2D eigenvalue weighted by atomic mass is 17.3. The van der Waals surface area contributed by atoms with Crippen LogP contribution in [0.4, 0.5) is 5.69 Å². The molecule has 2 aliphatic heterocycles. The molecule has 0 spiro atoms. The Morgan fingerprint density at radius 3 is 2.10 bits per heavy atom. The summed E-state index contributed by atoms with van der Waals surface area (Å²) < 4.78 is 0. The van der Waals surface area contributed by atoms with Gasteiger partial charge in [-0.05, 0) is 106 Å². The summed E-state index contributed by atoms with van der Waals surface area (Å²) in [4.78, 5) is 19.1. The van der Waals surface area contributed by atoms with E-state index in [0.29, 0.717) is 5.92 Å². The molecule has 0 radical (unpaired) electrons. The van der Waals surface area contributed by atoms with Gasteiger partial charge in [0.2, 0.25) is 0 Å². The lowest BCUT2D eigenvalue weighted by molar-refractivity contribution is -0.310. The van der Waals surface area contributed by atoms with Crippen LogP contribution in [0.5, 0.6) is 0 Å². The molecule has 260 valence electrons. The normalized spacial score (nSPS) is 19.3. The monoisotopic (exact) mass is 661 g/mol. The van der Waals surface area contributed by atoms with E-state index in [1.165, 1.54) is 73.9 Å². The minimum Gasteiger partial charge on any atom is -0.402 e. The molecule has 3 aromatic rings. The van der Waals surface area contributed by atoms with E-state index in [-0.39, 0.29) is 6.10 Å². The van der Waals surface area contributed by atoms with Gasteiger partial charge in [0.1, 0.15) is 0 Å². The van der Waals surface area contributed by atoms with E-state index in [0.717, 1.165) is 75.5 Å². The Morgan fingerprint density at radius 2 is 1.43 bits per heavy atom. The van der Waals surface area contributed by atoms with Crippen LogP contribution in [0.15, 0.2) is 95.7 Å². The summed E-state index contributed by atoms with van der Waals surface area (Å²) in [6.07, 6.45) is 12.0.